The standard InChI is InChI=1S/C11H10Br2ClNO/c12-7-1-2-9(13)8(5-7)10(16)15-11(6-14)3-4-11/h1-2,5H,3-4,6H2,(H,15,16). The summed E-state index contributed by atoms with van der Waals surface area (Å²) >= 11 is 12.5. The summed E-state index contributed by atoms with van der Waals surface area (Å²) in [4.78, 5) is 12.0. The number of hydrogen-bond acceptors (Lipinski definition) is 1. The van der Waals surface area contributed by atoms with Crippen molar-refractivity contribution in [3.05, 3.63) is 32.7 Å². The Balaban J connectivity index is 2.17. The summed E-state index contributed by atoms with van der Waals surface area (Å²) in [5.41, 5.74) is 0.464. The summed E-state index contributed by atoms with van der Waals surface area (Å²) < 4.78 is 1.68. The number of rotatable bonds is 3. The molecule has 1 aliphatic carbocycles. The zero-order chi connectivity index (χ0) is 11.8. The van der Waals surface area contributed by atoms with Crippen molar-refractivity contribution in [2.45, 2.75) is 18.4 Å². The fraction of sp³-hybridized carbons (Fsp3) is 0.364. The van der Waals surface area contributed by atoms with Crippen LogP contribution in [0.2, 0.25) is 0 Å². The normalized spacial score (nSPS) is 16.9. The van der Waals surface area contributed by atoms with Crippen molar-refractivity contribution in [1.29, 1.82) is 0 Å². The lowest BCUT2D eigenvalue weighted by Crippen LogP contribution is -2.38. The SMILES string of the molecule is O=C(NC1(CCl)CC1)c1cc(Br)ccc1Br. The summed E-state index contributed by atoms with van der Waals surface area (Å²) in [6, 6.07) is 5.53. The molecule has 86 valence electrons. The molecule has 2 rings (SSSR count). The Morgan fingerprint density at radius 2 is 2.12 bits per heavy atom. The van der Waals surface area contributed by atoms with Crippen LogP contribution >= 0.6 is 43.5 Å². The van der Waals surface area contributed by atoms with Gasteiger partial charge in [-0.3, -0.25) is 4.79 Å². The van der Waals surface area contributed by atoms with Gasteiger partial charge in [-0.2, -0.15) is 0 Å². The van der Waals surface area contributed by atoms with Crippen molar-refractivity contribution in [2.24, 2.45) is 0 Å². The highest BCUT2D eigenvalue weighted by Crippen LogP contribution is 2.37. The Hall–Kier alpha value is -0.0600. The minimum absolute atomic E-state index is 0.0775. The average molecular weight is 367 g/mol. The Kier molecular flexibility index (Phi) is 3.62. The molecule has 1 fully saturated rings. The predicted octanol–water partition coefficient (Wildman–Crippen LogP) is 3.71. The summed E-state index contributed by atoms with van der Waals surface area (Å²) in [5.74, 6) is 0.399. The Morgan fingerprint density at radius 1 is 1.44 bits per heavy atom. The highest BCUT2D eigenvalue weighted by molar-refractivity contribution is 9.11. The van der Waals surface area contributed by atoms with E-state index in [4.69, 9.17) is 11.6 Å². The lowest BCUT2D eigenvalue weighted by Gasteiger charge is -2.14. The van der Waals surface area contributed by atoms with E-state index in [1.165, 1.54) is 0 Å². The first-order chi connectivity index (χ1) is 7.56. The van der Waals surface area contributed by atoms with Gasteiger partial charge < -0.3 is 5.32 Å². The lowest BCUT2D eigenvalue weighted by atomic mass is 10.2. The largest absolute Gasteiger partial charge is 0.345 e. The van der Waals surface area contributed by atoms with Gasteiger partial charge in [-0.05, 0) is 47.0 Å². The Morgan fingerprint density at radius 3 is 2.69 bits per heavy atom. The third-order valence-corrected chi connectivity index (χ3v) is 4.36. The molecule has 1 amide bonds. The highest BCUT2D eigenvalue weighted by atomic mass is 79.9. The number of alkyl halides is 1. The first-order valence-corrected chi connectivity index (χ1v) is 7.02. The molecule has 0 aromatic heterocycles. The number of amides is 1. The quantitative estimate of drug-likeness (QED) is 0.811. The average Bonchev–Trinajstić information content (AvgIpc) is 3.02. The number of nitrogens with one attached hydrogen (secondary N) is 1. The lowest BCUT2D eigenvalue weighted by molar-refractivity contribution is 0.0935. The van der Waals surface area contributed by atoms with Gasteiger partial charge in [-0.25, -0.2) is 0 Å². The third-order valence-electron chi connectivity index (χ3n) is 2.66. The molecule has 0 unspecified atom stereocenters. The number of halogens is 3. The maximum Gasteiger partial charge on any atom is 0.252 e. The fourth-order valence-corrected chi connectivity index (χ4v) is 2.54. The number of benzene rings is 1. The predicted molar refractivity (Wildman–Crippen MR) is 72.0 cm³/mol. The molecule has 1 aromatic carbocycles. The van der Waals surface area contributed by atoms with Gasteiger partial charge in [0.05, 0.1) is 11.1 Å². The van der Waals surface area contributed by atoms with E-state index < -0.39 is 0 Å². The van der Waals surface area contributed by atoms with Gasteiger partial charge in [0.25, 0.3) is 5.91 Å². The van der Waals surface area contributed by atoms with E-state index in [9.17, 15) is 4.79 Å². The van der Waals surface area contributed by atoms with Crippen LogP contribution < -0.4 is 5.32 Å². The molecule has 0 spiro atoms. The van der Waals surface area contributed by atoms with Crippen LogP contribution in [-0.2, 0) is 0 Å². The molecule has 1 aromatic rings. The maximum atomic E-state index is 12.0. The maximum absolute atomic E-state index is 12.0. The topological polar surface area (TPSA) is 29.1 Å². The molecule has 1 aliphatic rings. The van der Waals surface area contributed by atoms with Gasteiger partial charge in [-0.1, -0.05) is 15.9 Å². The van der Waals surface area contributed by atoms with E-state index >= 15 is 0 Å². The highest BCUT2D eigenvalue weighted by Gasteiger charge is 2.43. The molecule has 0 aliphatic heterocycles. The van der Waals surface area contributed by atoms with Crippen LogP contribution in [0.15, 0.2) is 27.1 Å². The van der Waals surface area contributed by atoms with E-state index in [1.807, 2.05) is 12.1 Å². The molecule has 1 saturated carbocycles. The first kappa shape index (κ1) is 12.4. The summed E-state index contributed by atoms with van der Waals surface area (Å²) in [7, 11) is 0. The van der Waals surface area contributed by atoms with Gasteiger partial charge in [0.2, 0.25) is 0 Å². The molecular weight excluding hydrogens is 357 g/mol. The van der Waals surface area contributed by atoms with E-state index in [-0.39, 0.29) is 11.4 Å². The fourth-order valence-electron chi connectivity index (χ4n) is 1.42. The van der Waals surface area contributed by atoms with E-state index in [0.717, 1.165) is 21.8 Å². The van der Waals surface area contributed by atoms with Crippen LogP contribution in [0.5, 0.6) is 0 Å². The third kappa shape index (κ3) is 2.60. The molecule has 0 bridgehead atoms. The van der Waals surface area contributed by atoms with Crippen LogP contribution in [0.1, 0.15) is 23.2 Å². The van der Waals surface area contributed by atoms with Gasteiger partial charge >= 0.3 is 0 Å². The molecular formula is C11H10Br2ClNO. The zero-order valence-electron chi connectivity index (χ0n) is 8.40. The van der Waals surface area contributed by atoms with Crippen molar-refractivity contribution < 1.29 is 4.79 Å². The molecule has 2 nitrogen and oxygen atoms in total. The van der Waals surface area contributed by atoms with Crippen molar-refractivity contribution in [1.82, 2.24) is 5.32 Å². The molecule has 0 radical (unpaired) electrons. The van der Waals surface area contributed by atoms with E-state index in [2.05, 4.69) is 37.2 Å². The van der Waals surface area contributed by atoms with Crippen LogP contribution in [-0.4, -0.2) is 17.3 Å². The minimum Gasteiger partial charge on any atom is -0.345 e. The molecule has 5 heteroatoms. The van der Waals surface area contributed by atoms with Crippen LogP contribution in [0.4, 0.5) is 0 Å². The van der Waals surface area contributed by atoms with Crippen molar-refractivity contribution in [3.8, 4) is 0 Å². The molecule has 1 N–H and O–H groups in total. The molecule has 16 heavy (non-hydrogen) atoms. The van der Waals surface area contributed by atoms with E-state index in [1.54, 1.807) is 6.07 Å². The minimum atomic E-state index is -0.166. The van der Waals surface area contributed by atoms with Crippen molar-refractivity contribution in [3.63, 3.8) is 0 Å². The summed E-state index contributed by atoms with van der Waals surface area (Å²) in [5, 5.41) is 2.98. The zero-order valence-corrected chi connectivity index (χ0v) is 12.3. The molecule has 0 heterocycles. The van der Waals surface area contributed by atoms with Crippen molar-refractivity contribution in [2.75, 3.05) is 5.88 Å². The van der Waals surface area contributed by atoms with Crippen LogP contribution in [0.25, 0.3) is 0 Å². The number of carbonyl (C=O) groups excluding carboxylic acids is 1. The summed E-state index contributed by atoms with van der Waals surface area (Å²) in [6.07, 6.45) is 1.93. The molecule has 0 saturated heterocycles. The smallest absolute Gasteiger partial charge is 0.252 e. The molecule has 0 atom stereocenters. The van der Waals surface area contributed by atoms with Gasteiger partial charge in [0, 0.05) is 14.8 Å². The van der Waals surface area contributed by atoms with Crippen LogP contribution in [0.3, 0.4) is 0 Å². The second-order valence-corrected chi connectivity index (χ2v) is 6.03. The number of hydrogen-bond donors (Lipinski definition) is 1. The van der Waals surface area contributed by atoms with Gasteiger partial charge in [-0.15, -0.1) is 11.6 Å². The van der Waals surface area contributed by atoms with Gasteiger partial charge in [0.15, 0.2) is 0 Å². The monoisotopic (exact) mass is 365 g/mol. The Bertz CT molecular complexity index is 432. The van der Waals surface area contributed by atoms with E-state index in [0.29, 0.717) is 11.4 Å². The van der Waals surface area contributed by atoms with Crippen molar-refractivity contribution >= 4 is 49.4 Å². The Labute approximate surface area is 116 Å². The second kappa shape index (κ2) is 4.67. The first-order valence-electron chi connectivity index (χ1n) is 4.90. The van der Waals surface area contributed by atoms with Gasteiger partial charge in [0.1, 0.15) is 0 Å². The van der Waals surface area contributed by atoms with Crippen LogP contribution in [0, 0.1) is 0 Å². The number of carbonyl (C=O) groups is 1. The summed E-state index contributed by atoms with van der Waals surface area (Å²) in [6.45, 7) is 0. The second-order valence-electron chi connectivity index (χ2n) is 3.99.